The van der Waals surface area contributed by atoms with Crippen LogP contribution in [0, 0.1) is 11.8 Å². The molecule has 0 aliphatic heterocycles. The molecule has 0 saturated heterocycles. The van der Waals surface area contributed by atoms with Crippen LogP contribution >= 0.6 is 0 Å². The minimum absolute atomic E-state index is 0.325. The van der Waals surface area contributed by atoms with Crippen molar-refractivity contribution in [1.82, 2.24) is 9.55 Å². The Balaban J connectivity index is 2.04. The summed E-state index contributed by atoms with van der Waals surface area (Å²) < 4.78 is 7.03. The average molecular weight is 250 g/mol. The Morgan fingerprint density at radius 2 is 2.22 bits per heavy atom. The zero-order valence-corrected chi connectivity index (χ0v) is 11.4. The number of rotatable bonds is 3. The number of nitrogens with zero attached hydrogens (tertiary/aromatic N) is 2. The second kappa shape index (κ2) is 5.55. The first-order valence-corrected chi connectivity index (χ1v) is 6.82. The quantitative estimate of drug-likeness (QED) is 0.774. The zero-order chi connectivity index (χ0) is 13.1. The highest BCUT2D eigenvalue weighted by Crippen LogP contribution is 2.36. The second-order valence-electron chi connectivity index (χ2n) is 5.35. The molecule has 1 saturated carbocycles. The summed E-state index contributed by atoms with van der Waals surface area (Å²) in [7, 11) is 0. The van der Waals surface area contributed by atoms with E-state index in [4.69, 9.17) is 4.74 Å². The summed E-state index contributed by atoms with van der Waals surface area (Å²) in [5, 5.41) is 0. The van der Waals surface area contributed by atoms with E-state index in [-0.39, 0.29) is 5.97 Å². The van der Waals surface area contributed by atoms with Gasteiger partial charge in [-0.3, -0.25) is 0 Å². The molecule has 100 valence electrons. The molecule has 1 aromatic heterocycles. The van der Waals surface area contributed by atoms with Crippen LogP contribution in [0.15, 0.2) is 12.5 Å². The monoisotopic (exact) mass is 250 g/mol. The van der Waals surface area contributed by atoms with Gasteiger partial charge in [-0.05, 0) is 38.0 Å². The molecule has 1 fully saturated rings. The molecule has 0 amide bonds. The molecule has 1 aliphatic carbocycles. The van der Waals surface area contributed by atoms with Crippen molar-refractivity contribution < 1.29 is 9.53 Å². The van der Waals surface area contributed by atoms with Crippen molar-refractivity contribution in [3.05, 3.63) is 18.2 Å². The molecule has 0 bridgehead atoms. The van der Waals surface area contributed by atoms with Crippen LogP contribution in [0.1, 0.15) is 56.6 Å². The Morgan fingerprint density at radius 3 is 2.89 bits per heavy atom. The van der Waals surface area contributed by atoms with Crippen molar-refractivity contribution >= 4 is 5.97 Å². The van der Waals surface area contributed by atoms with Crippen LogP contribution < -0.4 is 0 Å². The van der Waals surface area contributed by atoms with Gasteiger partial charge in [0.1, 0.15) is 0 Å². The molecule has 18 heavy (non-hydrogen) atoms. The first-order chi connectivity index (χ1) is 8.61. The Labute approximate surface area is 108 Å². The number of carbonyl (C=O) groups excluding carboxylic acids is 1. The van der Waals surface area contributed by atoms with Crippen molar-refractivity contribution in [2.45, 2.75) is 46.1 Å². The third-order valence-electron chi connectivity index (χ3n) is 4.08. The maximum Gasteiger partial charge on any atom is 0.358 e. The smallest absolute Gasteiger partial charge is 0.358 e. The predicted molar refractivity (Wildman–Crippen MR) is 69.4 cm³/mol. The van der Waals surface area contributed by atoms with E-state index in [2.05, 4.69) is 23.4 Å². The van der Waals surface area contributed by atoms with Gasteiger partial charge in [0.15, 0.2) is 5.69 Å². The van der Waals surface area contributed by atoms with Gasteiger partial charge in [0.25, 0.3) is 0 Å². The van der Waals surface area contributed by atoms with E-state index in [0.717, 1.165) is 11.8 Å². The third kappa shape index (κ3) is 2.74. The van der Waals surface area contributed by atoms with Crippen LogP contribution in [0.25, 0.3) is 0 Å². The van der Waals surface area contributed by atoms with Gasteiger partial charge in [0.05, 0.1) is 12.9 Å². The number of esters is 1. The second-order valence-corrected chi connectivity index (χ2v) is 5.35. The van der Waals surface area contributed by atoms with Crippen LogP contribution in [-0.2, 0) is 4.74 Å². The Kier molecular flexibility index (Phi) is 4.04. The Hall–Kier alpha value is -1.32. The lowest BCUT2D eigenvalue weighted by atomic mass is 9.79. The van der Waals surface area contributed by atoms with E-state index < -0.39 is 0 Å². The van der Waals surface area contributed by atoms with Crippen molar-refractivity contribution in [3.63, 3.8) is 0 Å². The molecular weight excluding hydrogens is 228 g/mol. The highest BCUT2D eigenvalue weighted by atomic mass is 16.5. The molecule has 3 atom stereocenters. The Bertz CT molecular complexity index is 414. The van der Waals surface area contributed by atoms with E-state index in [9.17, 15) is 4.79 Å². The minimum atomic E-state index is -0.325. The topological polar surface area (TPSA) is 44.1 Å². The van der Waals surface area contributed by atoms with Gasteiger partial charge in [0.2, 0.25) is 0 Å². The summed E-state index contributed by atoms with van der Waals surface area (Å²) in [4.78, 5) is 15.7. The minimum Gasteiger partial charge on any atom is -0.461 e. The summed E-state index contributed by atoms with van der Waals surface area (Å²) >= 11 is 0. The molecule has 1 aromatic rings. The van der Waals surface area contributed by atoms with Gasteiger partial charge in [-0.15, -0.1) is 0 Å². The lowest BCUT2D eigenvalue weighted by Crippen LogP contribution is -2.22. The summed E-state index contributed by atoms with van der Waals surface area (Å²) in [5.74, 6) is 1.21. The molecule has 1 heterocycles. The fourth-order valence-corrected chi connectivity index (χ4v) is 2.64. The first-order valence-electron chi connectivity index (χ1n) is 6.82. The molecule has 4 heteroatoms. The predicted octanol–water partition coefficient (Wildman–Crippen LogP) is 3.06. The number of ether oxygens (including phenoxy) is 1. The Morgan fingerprint density at radius 1 is 1.44 bits per heavy atom. The maximum atomic E-state index is 11.6. The number of aromatic nitrogens is 2. The number of imidazole rings is 1. The highest BCUT2D eigenvalue weighted by molar-refractivity contribution is 5.86. The first kappa shape index (κ1) is 13.1. The standard InChI is InChI=1S/C14H22N2O2/c1-4-18-14(17)13-8-16(9-15-13)12-6-5-10(2)11(3)7-12/h8-12H,4-7H2,1-3H3. The number of hydrogen-bond acceptors (Lipinski definition) is 3. The lowest BCUT2D eigenvalue weighted by molar-refractivity contribution is 0.0520. The molecule has 2 rings (SSSR count). The van der Waals surface area contributed by atoms with E-state index in [1.54, 1.807) is 13.3 Å². The third-order valence-corrected chi connectivity index (χ3v) is 4.08. The van der Waals surface area contributed by atoms with Crippen molar-refractivity contribution in [1.29, 1.82) is 0 Å². The maximum absolute atomic E-state index is 11.6. The summed E-state index contributed by atoms with van der Waals surface area (Å²) in [6.45, 7) is 6.82. The van der Waals surface area contributed by atoms with E-state index in [1.807, 2.05) is 6.20 Å². The fourth-order valence-electron chi connectivity index (χ4n) is 2.64. The van der Waals surface area contributed by atoms with Crippen LogP contribution in [0.2, 0.25) is 0 Å². The molecule has 1 aliphatic rings. The molecule has 0 radical (unpaired) electrons. The number of hydrogen-bond donors (Lipinski definition) is 0. The van der Waals surface area contributed by atoms with Crippen molar-refractivity contribution in [3.8, 4) is 0 Å². The SMILES string of the molecule is CCOC(=O)c1cn(C2CCC(C)C(C)C2)cn1. The van der Waals surface area contributed by atoms with Crippen LogP contribution in [0.3, 0.4) is 0 Å². The van der Waals surface area contributed by atoms with Gasteiger partial charge in [-0.2, -0.15) is 0 Å². The van der Waals surface area contributed by atoms with Crippen molar-refractivity contribution in [2.75, 3.05) is 6.61 Å². The van der Waals surface area contributed by atoms with E-state index in [1.165, 1.54) is 19.3 Å². The molecule has 0 N–H and O–H groups in total. The van der Waals surface area contributed by atoms with Crippen LogP contribution in [0.4, 0.5) is 0 Å². The van der Waals surface area contributed by atoms with Gasteiger partial charge in [-0.25, -0.2) is 9.78 Å². The van der Waals surface area contributed by atoms with Crippen LogP contribution in [-0.4, -0.2) is 22.1 Å². The van der Waals surface area contributed by atoms with Gasteiger partial charge in [0, 0.05) is 12.2 Å². The molecule has 0 aromatic carbocycles. The summed E-state index contributed by atoms with van der Waals surface area (Å²) in [6.07, 6.45) is 7.17. The fraction of sp³-hybridized carbons (Fsp3) is 0.714. The highest BCUT2D eigenvalue weighted by Gasteiger charge is 2.26. The van der Waals surface area contributed by atoms with Gasteiger partial charge >= 0.3 is 5.97 Å². The van der Waals surface area contributed by atoms with E-state index >= 15 is 0 Å². The van der Waals surface area contributed by atoms with Gasteiger partial charge in [-0.1, -0.05) is 13.8 Å². The van der Waals surface area contributed by atoms with Gasteiger partial charge < -0.3 is 9.30 Å². The number of carbonyl (C=O) groups is 1. The molecular formula is C14H22N2O2. The summed E-state index contributed by atoms with van der Waals surface area (Å²) in [5.41, 5.74) is 0.420. The normalized spacial score (nSPS) is 28.1. The average Bonchev–Trinajstić information content (AvgIpc) is 2.82. The molecule has 3 unspecified atom stereocenters. The summed E-state index contributed by atoms with van der Waals surface area (Å²) in [6, 6.07) is 0.479. The zero-order valence-electron chi connectivity index (χ0n) is 11.4. The molecule has 0 spiro atoms. The van der Waals surface area contributed by atoms with Crippen LogP contribution in [0.5, 0.6) is 0 Å². The molecule has 4 nitrogen and oxygen atoms in total. The largest absolute Gasteiger partial charge is 0.461 e. The lowest BCUT2D eigenvalue weighted by Gasteiger charge is -2.32. The van der Waals surface area contributed by atoms with E-state index in [0.29, 0.717) is 18.3 Å². The van der Waals surface area contributed by atoms with Crippen molar-refractivity contribution in [2.24, 2.45) is 11.8 Å².